The van der Waals surface area contributed by atoms with Gasteiger partial charge in [-0.1, -0.05) is 83.6 Å². The molecule has 0 aromatic carbocycles. The van der Waals surface area contributed by atoms with Gasteiger partial charge >= 0.3 is 0 Å². The van der Waals surface area contributed by atoms with Crippen LogP contribution in [0.15, 0.2) is 23.3 Å². The smallest absolute Gasteiger partial charge is 0.192 e. The number of hydrogen-bond donors (Lipinski definition) is 2. The van der Waals surface area contributed by atoms with Gasteiger partial charge in [0.1, 0.15) is 5.60 Å². The first-order valence-electron chi connectivity index (χ1n) is 22.8. The molecule has 4 saturated carbocycles. The summed E-state index contributed by atoms with van der Waals surface area (Å²) in [4.78, 5) is 0. The maximum Gasteiger partial charge on any atom is 0.192 e. The fourth-order valence-corrected chi connectivity index (χ4v) is 11.6. The molecule has 0 radical (unpaired) electrons. The zero-order valence-corrected chi connectivity index (χ0v) is 33.5. The van der Waals surface area contributed by atoms with Crippen molar-refractivity contribution in [2.75, 3.05) is 13.2 Å². The SMILES string of the molecule is C.C#CCC1(C2=CCC3[C@@H](O[Si](C)(C)C(C)(C)C)CCC[C@]23C)CC1.C1CCOC1.[2H]C([2H])([2H])C(O)(C#CCC1(C2=CCC3[C@@H](O)CCC[C@]23C)CC1)C([2H])([2H])[2H]. The number of allylic oxidation sites excluding steroid dienone is 4. The number of hydrogen-bond acceptors (Lipinski definition) is 4. The van der Waals surface area contributed by atoms with E-state index in [4.69, 9.17) is 23.8 Å². The molecule has 6 atom stereocenters. The molecular weight excluding hydrogens is 645 g/mol. The highest BCUT2D eigenvalue weighted by Gasteiger charge is 2.59. The Morgan fingerprint density at radius 1 is 0.882 bits per heavy atom. The summed E-state index contributed by atoms with van der Waals surface area (Å²) in [5, 5.41) is 21.0. The molecule has 51 heavy (non-hydrogen) atoms. The van der Waals surface area contributed by atoms with Crippen LogP contribution in [0.2, 0.25) is 18.1 Å². The summed E-state index contributed by atoms with van der Waals surface area (Å²) in [6, 6.07) is 0. The first kappa shape index (κ1) is 34.2. The second-order valence-corrected chi connectivity index (χ2v) is 23.7. The van der Waals surface area contributed by atoms with Crippen LogP contribution in [0.1, 0.15) is 167 Å². The molecule has 0 aromatic rings. The van der Waals surface area contributed by atoms with E-state index in [1.54, 1.807) is 5.57 Å². The number of fused-ring (bicyclic) bond motifs is 2. The molecule has 5 heteroatoms. The molecule has 1 saturated heterocycles. The molecule has 2 N–H and O–H groups in total. The number of aliphatic hydroxyl groups excluding tert-OH is 1. The average Bonchev–Trinajstić information content (AvgIpc) is 3.81. The first-order valence-corrected chi connectivity index (χ1v) is 22.8. The van der Waals surface area contributed by atoms with Gasteiger partial charge in [0.2, 0.25) is 0 Å². The van der Waals surface area contributed by atoms with Crippen LogP contribution in [0.4, 0.5) is 0 Å². The van der Waals surface area contributed by atoms with Gasteiger partial charge in [0.15, 0.2) is 8.32 Å². The molecular formula is C46H76O4Si. The lowest BCUT2D eigenvalue weighted by Crippen LogP contribution is -2.49. The van der Waals surface area contributed by atoms with Gasteiger partial charge in [-0.15, -0.1) is 12.3 Å². The molecule has 7 rings (SSSR count). The minimum atomic E-state index is -3.11. The molecule has 288 valence electrons. The van der Waals surface area contributed by atoms with E-state index in [2.05, 4.69) is 77.6 Å². The third-order valence-corrected chi connectivity index (χ3v) is 18.9. The highest BCUT2D eigenvalue weighted by molar-refractivity contribution is 6.74. The number of ether oxygens (including phenoxy) is 1. The van der Waals surface area contributed by atoms with Gasteiger partial charge in [-0.25, -0.2) is 0 Å². The molecule has 4 nitrogen and oxygen atoms in total. The molecule has 0 amide bonds. The fourth-order valence-electron chi connectivity index (χ4n) is 10.2. The molecule has 7 aliphatic rings. The lowest BCUT2D eigenvalue weighted by molar-refractivity contribution is 0.00689. The Labute approximate surface area is 324 Å². The van der Waals surface area contributed by atoms with Crippen LogP contribution in [0, 0.1) is 57.7 Å². The van der Waals surface area contributed by atoms with Gasteiger partial charge in [-0.05, 0) is 138 Å². The van der Waals surface area contributed by atoms with E-state index in [0.29, 0.717) is 29.3 Å². The highest BCUT2D eigenvalue weighted by atomic mass is 28.4. The quantitative estimate of drug-likeness (QED) is 0.163. The maximum absolute atomic E-state index is 10.4. The second kappa shape index (κ2) is 15.8. The monoisotopic (exact) mass is 727 g/mol. The summed E-state index contributed by atoms with van der Waals surface area (Å²) in [5.74, 6) is 8.76. The fraction of sp³-hybridized carbons (Fsp3) is 0.826. The first-order chi connectivity index (χ1) is 25.8. The van der Waals surface area contributed by atoms with E-state index in [1.807, 2.05) is 0 Å². The zero-order valence-electron chi connectivity index (χ0n) is 38.5. The summed E-state index contributed by atoms with van der Waals surface area (Å²) < 4.78 is 56.4. The average molecular weight is 727 g/mol. The van der Waals surface area contributed by atoms with Gasteiger partial charge in [0.25, 0.3) is 0 Å². The van der Waals surface area contributed by atoms with Crippen molar-refractivity contribution >= 4 is 8.32 Å². The molecule has 5 fully saturated rings. The Balaban J connectivity index is 0.000000222. The minimum Gasteiger partial charge on any atom is -0.414 e. The van der Waals surface area contributed by atoms with Crippen molar-refractivity contribution < 1.29 is 27.6 Å². The van der Waals surface area contributed by atoms with Crippen molar-refractivity contribution in [1.82, 2.24) is 0 Å². The Bertz CT molecular complexity index is 1550. The predicted octanol–water partition coefficient (Wildman–Crippen LogP) is 11.2. The zero-order chi connectivity index (χ0) is 41.6. The molecule has 1 heterocycles. The maximum atomic E-state index is 10.4. The Hall–Kier alpha value is -1.34. The lowest BCUT2D eigenvalue weighted by atomic mass is 9.62. The normalized spacial score (nSPS) is 36.5. The van der Waals surface area contributed by atoms with Crippen molar-refractivity contribution in [2.24, 2.45) is 33.5 Å². The van der Waals surface area contributed by atoms with Crippen molar-refractivity contribution in [3.05, 3.63) is 23.3 Å². The summed E-state index contributed by atoms with van der Waals surface area (Å²) >= 11 is 0. The van der Waals surface area contributed by atoms with Gasteiger partial charge in [-0.3, -0.25) is 0 Å². The summed E-state index contributed by atoms with van der Waals surface area (Å²) in [6.45, 7) is 12.4. The Morgan fingerprint density at radius 2 is 1.41 bits per heavy atom. The minimum absolute atomic E-state index is 0. The van der Waals surface area contributed by atoms with E-state index in [-0.39, 0.29) is 35.3 Å². The molecule has 6 aliphatic carbocycles. The van der Waals surface area contributed by atoms with E-state index in [1.165, 1.54) is 56.9 Å². The van der Waals surface area contributed by atoms with E-state index >= 15 is 0 Å². The number of terminal acetylenes is 1. The van der Waals surface area contributed by atoms with Crippen LogP contribution in [-0.4, -0.2) is 49.6 Å². The van der Waals surface area contributed by atoms with Crippen molar-refractivity contribution in [3.63, 3.8) is 0 Å². The van der Waals surface area contributed by atoms with E-state index in [9.17, 15) is 10.2 Å². The van der Waals surface area contributed by atoms with E-state index < -0.39 is 27.6 Å². The van der Waals surface area contributed by atoms with Gasteiger partial charge in [0, 0.05) is 51.2 Å². The molecule has 0 bridgehead atoms. The van der Waals surface area contributed by atoms with Crippen LogP contribution in [-0.2, 0) is 9.16 Å². The third-order valence-electron chi connectivity index (χ3n) is 14.4. The van der Waals surface area contributed by atoms with Crippen LogP contribution < -0.4 is 0 Å². The predicted molar refractivity (Wildman–Crippen MR) is 217 cm³/mol. The van der Waals surface area contributed by atoms with Crippen molar-refractivity contribution in [2.45, 2.75) is 194 Å². The number of rotatable bonds is 6. The van der Waals surface area contributed by atoms with Gasteiger partial charge in [0.05, 0.1) is 6.10 Å². The molecule has 1 aliphatic heterocycles. The van der Waals surface area contributed by atoms with Crippen LogP contribution in [0.25, 0.3) is 0 Å². The molecule has 0 aromatic heterocycles. The summed E-state index contributed by atoms with van der Waals surface area (Å²) in [5.41, 5.74) is 0.433. The van der Waals surface area contributed by atoms with Gasteiger partial charge in [-0.2, -0.15) is 0 Å². The summed E-state index contributed by atoms with van der Waals surface area (Å²) in [7, 11) is -1.71. The van der Waals surface area contributed by atoms with Crippen molar-refractivity contribution in [1.29, 1.82) is 0 Å². The Kier molecular flexibility index (Phi) is 10.6. The van der Waals surface area contributed by atoms with Crippen LogP contribution in [0.3, 0.4) is 0 Å². The van der Waals surface area contributed by atoms with Crippen molar-refractivity contribution in [3.8, 4) is 24.2 Å². The molecule has 2 unspecified atom stereocenters. The third kappa shape index (κ3) is 9.14. The van der Waals surface area contributed by atoms with Crippen LogP contribution in [0.5, 0.6) is 0 Å². The number of aliphatic hydroxyl groups is 2. The standard InChI is InChI=1S/C22H36OSi.C19H28O2.C4H8O.CH4/c1-8-13-22(15-16-22)19-12-11-17-18(10-9-14-21(17,19)5)23-24(6,7)20(2,3)4;1-17(2,21)9-5-11-19(12-13-19)16-8-7-14-15(20)6-4-10-18(14,16)3;1-2-4-5-3-1;/h1,12,17-18H,9-11,13-16H2,2-7H3;8,14-15,20-21H,4,6-7,10-13H2,1-3H3;1-4H2;1H4/t17?,18-,21-;14?,15-,18-;;/m00../s1/i;1D3,2D3;;. The second-order valence-electron chi connectivity index (χ2n) is 19.0. The largest absolute Gasteiger partial charge is 0.414 e. The topological polar surface area (TPSA) is 58.9 Å². The summed E-state index contributed by atoms with van der Waals surface area (Å²) in [6.07, 6.45) is 27.7. The van der Waals surface area contributed by atoms with Gasteiger partial charge < -0.3 is 19.4 Å². The Morgan fingerprint density at radius 3 is 1.90 bits per heavy atom. The van der Waals surface area contributed by atoms with E-state index in [0.717, 1.165) is 58.2 Å². The highest BCUT2D eigenvalue weighted by Crippen LogP contribution is 2.68. The lowest BCUT2D eigenvalue weighted by Gasteiger charge is -2.49. The van der Waals surface area contributed by atoms with Crippen LogP contribution >= 0.6 is 0 Å². The molecule has 0 spiro atoms.